The monoisotopic (exact) mass is 224 g/mol. The van der Waals surface area contributed by atoms with Crippen molar-refractivity contribution in [2.24, 2.45) is 11.7 Å². The van der Waals surface area contributed by atoms with E-state index in [1.54, 1.807) is 4.90 Å². The van der Waals surface area contributed by atoms with Gasteiger partial charge in [-0.3, -0.25) is 4.90 Å². The van der Waals surface area contributed by atoms with Gasteiger partial charge in [0.25, 0.3) is 0 Å². The number of nitrogens with two attached hydrogens (primary N) is 1. The Balaban J connectivity index is 2.37. The number of hydrogen-bond acceptors (Lipinski definition) is 2. The van der Waals surface area contributed by atoms with Gasteiger partial charge in [-0.05, 0) is 31.7 Å². The maximum absolute atomic E-state index is 12.3. The van der Waals surface area contributed by atoms with E-state index in [-0.39, 0.29) is 12.0 Å². The molecule has 1 saturated carbocycles. The van der Waals surface area contributed by atoms with Crippen molar-refractivity contribution in [1.82, 2.24) is 4.90 Å². The van der Waals surface area contributed by atoms with E-state index in [4.69, 9.17) is 5.73 Å². The van der Waals surface area contributed by atoms with Gasteiger partial charge in [0.1, 0.15) is 0 Å². The topological polar surface area (TPSA) is 29.3 Å². The summed E-state index contributed by atoms with van der Waals surface area (Å²) in [5.74, 6) is 0.248. The minimum Gasteiger partial charge on any atom is -0.330 e. The van der Waals surface area contributed by atoms with E-state index in [0.29, 0.717) is 13.1 Å². The summed E-state index contributed by atoms with van der Waals surface area (Å²) in [6.45, 7) is 2.25. The molecule has 0 radical (unpaired) electrons. The van der Waals surface area contributed by atoms with Crippen molar-refractivity contribution >= 4 is 0 Å². The van der Waals surface area contributed by atoms with E-state index >= 15 is 0 Å². The van der Waals surface area contributed by atoms with Crippen molar-refractivity contribution in [3.63, 3.8) is 0 Å². The second kappa shape index (κ2) is 5.16. The van der Waals surface area contributed by atoms with E-state index in [2.05, 4.69) is 0 Å². The summed E-state index contributed by atoms with van der Waals surface area (Å²) < 4.78 is 36.8. The summed E-state index contributed by atoms with van der Waals surface area (Å²) >= 11 is 0. The Kier molecular flexibility index (Phi) is 4.40. The average Bonchev–Trinajstić information content (AvgIpc) is 2.82. The summed E-state index contributed by atoms with van der Waals surface area (Å²) in [7, 11) is 0. The van der Waals surface area contributed by atoms with E-state index in [0.717, 1.165) is 19.3 Å². The average molecular weight is 224 g/mol. The van der Waals surface area contributed by atoms with Crippen LogP contribution in [0.25, 0.3) is 0 Å². The van der Waals surface area contributed by atoms with Crippen LogP contribution in [0.15, 0.2) is 0 Å². The predicted molar refractivity (Wildman–Crippen MR) is 53.5 cm³/mol. The van der Waals surface area contributed by atoms with Crippen LogP contribution in [0.4, 0.5) is 13.2 Å². The van der Waals surface area contributed by atoms with Crippen LogP contribution >= 0.6 is 0 Å². The molecule has 2 N–H and O–H groups in total. The molecule has 1 fully saturated rings. The van der Waals surface area contributed by atoms with Gasteiger partial charge in [0.05, 0.1) is 6.54 Å². The van der Waals surface area contributed by atoms with Crippen molar-refractivity contribution < 1.29 is 13.2 Å². The van der Waals surface area contributed by atoms with Gasteiger partial charge < -0.3 is 5.73 Å². The molecule has 0 aromatic rings. The van der Waals surface area contributed by atoms with E-state index < -0.39 is 12.7 Å². The zero-order valence-corrected chi connectivity index (χ0v) is 9.06. The largest absolute Gasteiger partial charge is 0.401 e. The fourth-order valence-electron chi connectivity index (χ4n) is 1.79. The number of rotatable bonds is 6. The number of hydrogen-bond donors (Lipinski definition) is 1. The molecular weight excluding hydrogens is 205 g/mol. The van der Waals surface area contributed by atoms with Crippen LogP contribution in [0.1, 0.15) is 26.2 Å². The normalized spacial score (nSPS) is 19.6. The first-order valence-electron chi connectivity index (χ1n) is 5.43. The first-order chi connectivity index (χ1) is 6.92. The maximum atomic E-state index is 12.3. The molecule has 0 aromatic heterocycles. The first kappa shape index (κ1) is 12.8. The van der Waals surface area contributed by atoms with Crippen LogP contribution in [0.5, 0.6) is 0 Å². The zero-order valence-electron chi connectivity index (χ0n) is 9.06. The van der Waals surface area contributed by atoms with Crippen LogP contribution < -0.4 is 5.73 Å². The fraction of sp³-hybridized carbons (Fsp3) is 1.00. The highest BCUT2D eigenvalue weighted by molar-refractivity contribution is 4.86. The molecule has 1 unspecified atom stereocenters. The van der Waals surface area contributed by atoms with Crippen LogP contribution in [0, 0.1) is 5.92 Å². The number of alkyl halides is 3. The Hall–Kier alpha value is -0.290. The molecule has 0 bridgehead atoms. The van der Waals surface area contributed by atoms with Crippen molar-refractivity contribution in [1.29, 1.82) is 0 Å². The minimum absolute atomic E-state index is 0.159. The molecule has 15 heavy (non-hydrogen) atoms. The molecule has 0 spiro atoms. The number of nitrogens with zero attached hydrogens (tertiary/aromatic N) is 1. The molecule has 0 saturated heterocycles. The fourth-order valence-corrected chi connectivity index (χ4v) is 1.79. The zero-order chi connectivity index (χ0) is 11.5. The summed E-state index contributed by atoms with van der Waals surface area (Å²) in [6, 6.07) is 0.159. The molecule has 2 nitrogen and oxygen atoms in total. The van der Waals surface area contributed by atoms with Gasteiger partial charge in [-0.15, -0.1) is 0 Å². The third kappa shape index (κ3) is 5.37. The Morgan fingerprint density at radius 1 is 1.40 bits per heavy atom. The van der Waals surface area contributed by atoms with Gasteiger partial charge in [0, 0.05) is 12.6 Å². The molecular formula is C10H19F3N2. The minimum atomic E-state index is -4.08. The Morgan fingerprint density at radius 2 is 2.00 bits per heavy atom. The lowest BCUT2D eigenvalue weighted by Gasteiger charge is -2.26. The summed E-state index contributed by atoms with van der Waals surface area (Å²) in [6.07, 6.45) is -1.47. The van der Waals surface area contributed by atoms with Crippen LogP contribution in [-0.2, 0) is 0 Å². The highest BCUT2D eigenvalue weighted by Gasteiger charge is 2.38. The van der Waals surface area contributed by atoms with Crippen LogP contribution in [0.2, 0.25) is 0 Å². The Morgan fingerprint density at radius 3 is 2.40 bits per heavy atom. The van der Waals surface area contributed by atoms with Gasteiger partial charge in [-0.25, -0.2) is 0 Å². The molecule has 0 aliphatic heterocycles. The lowest BCUT2D eigenvalue weighted by molar-refractivity contribution is -0.148. The van der Waals surface area contributed by atoms with Crippen molar-refractivity contribution in [2.45, 2.75) is 38.4 Å². The third-order valence-corrected chi connectivity index (χ3v) is 2.65. The molecule has 90 valence electrons. The molecule has 1 aliphatic carbocycles. The van der Waals surface area contributed by atoms with Crippen LogP contribution in [-0.4, -0.2) is 36.8 Å². The second-order valence-corrected chi connectivity index (χ2v) is 4.46. The summed E-state index contributed by atoms with van der Waals surface area (Å²) in [5, 5.41) is 0. The van der Waals surface area contributed by atoms with Gasteiger partial charge in [0.15, 0.2) is 0 Å². The smallest absolute Gasteiger partial charge is 0.330 e. The predicted octanol–water partition coefficient (Wildman–Crippen LogP) is 2.00. The maximum Gasteiger partial charge on any atom is 0.401 e. The summed E-state index contributed by atoms with van der Waals surface area (Å²) in [5.41, 5.74) is 5.38. The quantitative estimate of drug-likeness (QED) is 0.747. The molecule has 0 aromatic carbocycles. The third-order valence-electron chi connectivity index (χ3n) is 2.65. The second-order valence-electron chi connectivity index (χ2n) is 4.46. The lowest BCUT2D eigenvalue weighted by atomic mass is 10.1. The highest BCUT2D eigenvalue weighted by atomic mass is 19.4. The molecule has 0 amide bonds. The first-order valence-corrected chi connectivity index (χ1v) is 5.43. The van der Waals surface area contributed by atoms with Gasteiger partial charge in [-0.2, -0.15) is 13.2 Å². The van der Waals surface area contributed by atoms with E-state index in [1.165, 1.54) is 0 Å². The van der Waals surface area contributed by atoms with Crippen molar-refractivity contribution in [3.05, 3.63) is 0 Å². The summed E-state index contributed by atoms with van der Waals surface area (Å²) in [4.78, 5) is 1.56. The van der Waals surface area contributed by atoms with E-state index in [9.17, 15) is 13.2 Å². The standard InChI is InChI=1S/C10H19F3N2/c1-8(4-5-14)6-15(9-2-3-9)7-10(11,12)13/h8-9H,2-7,14H2,1H3. The van der Waals surface area contributed by atoms with E-state index in [1.807, 2.05) is 6.92 Å². The van der Waals surface area contributed by atoms with Gasteiger partial charge in [0.2, 0.25) is 0 Å². The van der Waals surface area contributed by atoms with Crippen molar-refractivity contribution in [2.75, 3.05) is 19.6 Å². The van der Waals surface area contributed by atoms with Gasteiger partial charge in [-0.1, -0.05) is 6.92 Å². The molecule has 0 heterocycles. The molecule has 1 rings (SSSR count). The molecule has 1 aliphatic rings. The Labute approximate surface area is 88.6 Å². The SMILES string of the molecule is CC(CCN)CN(CC(F)(F)F)C1CC1. The van der Waals surface area contributed by atoms with Crippen molar-refractivity contribution in [3.8, 4) is 0 Å². The molecule has 5 heteroatoms. The van der Waals surface area contributed by atoms with Gasteiger partial charge >= 0.3 is 6.18 Å². The van der Waals surface area contributed by atoms with Crippen LogP contribution in [0.3, 0.4) is 0 Å². The molecule has 1 atom stereocenters. The highest BCUT2D eigenvalue weighted by Crippen LogP contribution is 2.30. The number of halogens is 3. The Bertz CT molecular complexity index is 190. The lowest BCUT2D eigenvalue weighted by Crippen LogP contribution is -2.39.